The second-order valence-electron chi connectivity index (χ2n) is 8.33. The molecule has 1 N–H and O–H groups in total. The van der Waals surface area contributed by atoms with Gasteiger partial charge in [-0.15, -0.1) is 0 Å². The number of carbonyl (C=O) groups excluding carboxylic acids is 2. The maximum atomic E-state index is 13.0. The summed E-state index contributed by atoms with van der Waals surface area (Å²) in [5, 5.41) is 16.1. The highest BCUT2D eigenvalue weighted by atomic mass is 16.5. The normalized spacial score (nSPS) is 10.7. The molecule has 10 heteroatoms. The number of aromatic nitrogens is 4. The molecule has 1 amide bonds. The van der Waals surface area contributed by atoms with Gasteiger partial charge in [0.15, 0.2) is 12.4 Å². The lowest BCUT2D eigenvalue weighted by Gasteiger charge is -2.12. The molecule has 0 aliphatic heterocycles. The van der Waals surface area contributed by atoms with E-state index in [1.54, 1.807) is 28.8 Å². The molecular formula is C27H26N6O4. The third kappa shape index (κ3) is 5.90. The van der Waals surface area contributed by atoms with Crippen LogP contribution in [-0.2, 0) is 27.3 Å². The number of nitriles is 1. The van der Waals surface area contributed by atoms with Gasteiger partial charge in [-0.25, -0.2) is 9.67 Å². The first-order chi connectivity index (χ1) is 18.0. The van der Waals surface area contributed by atoms with Crippen molar-refractivity contribution in [3.8, 4) is 11.8 Å². The van der Waals surface area contributed by atoms with E-state index in [0.29, 0.717) is 17.7 Å². The molecule has 0 aliphatic carbocycles. The number of benzene rings is 2. The van der Waals surface area contributed by atoms with E-state index in [4.69, 9.17) is 4.74 Å². The van der Waals surface area contributed by atoms with Crippen LogP contribution in [0.3, 0.4) is 0 Å². The number of fused-ring (bicyclic) bond motifs is 1. The SMILES string of the molecule is CCCCn1c(=O)c(CCC(=O)OCC(=O)Nc2c(C#N)cnn2-c2ccccc2)nc2ccccc21. The Morgan fingerprint density at radius 3 is 2.62 bits per heavy atom. The fourth-order valence-electron chi connectivity index (χ4n) is 3.87. The molecule has 0 saturated heterocycles. The van der Waals surface area contributed by atoms with Crippen molar-refractivity contribution in [2.24, 2.45) is 0 Å². The molecule has 0 atom stereocenters. The van der Waals surface area contributed by atoms with Gasteiger partial charge in [0.1, 0.15) is 17.3 Å². The topological polar surface area (TPSA) is 132 Å². The van der Waals surface area contributed by atoms with E-state index in [1.165, 1.54) is 10.9 Å². The first kappa shape index (κ1) is 25.3. The minimum atomic E-state index is -0.637. The van der Waals surface area contributed by atoms with Crippen LogP contribution in [0.25, 0.3) is 16.7 Å². The number of nitrogens with zero attached hydrogens (tertiary/aromatic N) is 5. The molecule has 4 rings (SSSR count). The second-order valence-corrected chi connectivity index (χ2v) is 8.33. The van der Waals surface area contributed by atoms with Gasteiger partial charge in [-0.2, -0.15) is 10.4 Å². The zero-order valence-corrected chi connectivity index (χ0v) is 20.4. The van der Waals surface area contributed by atoms with Gasteiger partial charge in [0.2, 0.25) is 0 Å². The molecule has 37 heavy (non-hydrogen) atoms. The minimum Gasteiger partial charge on any atom is -0.456 e. The van der Waals surface area contributed by atoms with Gasteiger partial charge >= 0.3 is 5.97 Å². The molecule has 2 aromatic carbocycles. The first-order valence-corrected chi connectivity index (χ1v) is 12.0. The predicted octanol–water partition coefficient (Wildman–Crippen LogP) is 3.37. The van der Waals surface area contributed by atoms with Gasteiger partial charge in [-0.1, -0.05) is 43.7 Å². The van der Waals surface area contributed by atoms with Crippen LogP contribution in [0.15, 0.2) is 65.6 Å². The van der Waals surface area contributed by atoms with E-state index < -0.39 is 18.5 Å². The van der Waals surface area contributed by atoms with Crippen LogP contribution in [0.4, 0.5) is 5.82 Å². The van der Waals surface area contributed by atoms with Crippen LogP contribution in [0.1, 0.15) is 37.4 Å². The fraction of sp³-hybridized carbons (Fsp3) is 0.259. The molecule has 0 radical (unpaired) electrons. The molecule has 0 bridgehead atoms. The van der Waals surface area contributed by atoms with Gasteiger partial charge in [0.25, 0.3) is 11.5 Å². The monoisotopic (exact) mass is 498 g/mol. The Bertz CT molecular complexity index is 1520. The van der Waals surface area contributed by atoms with Crippen LogP contribution in [0.5, 0.6) is 0 Å². The van der Waals surface area contributed by atoms with Crippen LogP contribution in [0.2, 0.25) is 0 Å². The highest BCUT2D eigenvalue weighted by molar-refractivity contribution is 5.93. The van der Waals surface area contributed by atoms with E-state index >= 15 is 0 Å². The number of esters is 1. The van der Waals surface area contributed by atoms with Crippen molar-refractivity contribution < 1.29 is 14.3 Å². The molecule has 0 saturated carbocycles. The third-order valence-electron chi connectivity index (χ3n) is 5.73. The Labute approximate surface area is 213 Å². The van der Waals surface area contributed by atoms with E-state index in [1.807, 2.05) is 36.4 Å². The zero-order chi connectivity index (χ0) is 26.2. The van der Waals surface area contributed by atoms with Crippen LogP contribution in [0, 0.1) is 11.3 Å². The van der Waals surface area contributed by atoms with Gasteiger partial charge in [-0.3, -0.25) is 14.4 Å². The lowest BCUT2D eigenvalue weighted by Crippen LogP contribution is -2.27. The van der Waals surface area contributed by atoms with Crippen molar-refractivity contribution >= 4 is 28.7 Å². The van der Waals surface area contributed by atoms with Crippen molar-refractivity contribution in [1.29, 1.82) is 5.26 Å². The van der Waals surface area contributed by atoms with Crippen LogP contribution >= 0.6 is 0 Å². The number of nitrogens with one attached hydrogen (secondary N) is 1. The van der Waals surface area contributed by atoms with Crippen molar-refractivity contribution in [3.63, 3.8) is 0 Å². The van der Waals surface area contributed by atoms with Gasteiger partial charge < -0.3 is 14.6 Å². The largest absolute Gasteiger partial charge is 0.456 e. The molecule has 188 valence electrons. The number of para-hydroxylation sites is 3. The van der Waals surface area contributed by atoms with Gasteiger partial charge in [0.05, 0.1) is 29.3 Å². The highest BCUT2D eigenvalue weighted by Crippen LogP contribution is 2.19. The minimum absolute atomic E-state index is 0.0929. The maximum Gasteiger partial charge on any atom is 0.306 e. The Morgan fingerprint density at radius 1 is 1.11 bits per heavy atom. The van der Waals surface area contributed by atoms with Crippen LogP contribution in [-0.4, -0.2) is 37.8 Å². The standard InChI is InChI=1S/C27H26N6O4/c1-2-3-15-32-23-12-8-7-11-21(23)30-22(27(32)36)13-14-25(35)37-18-24(34)31-26-19(16-28)17-29-33(26)20-9-5-4-6-10-20/h4-12,17H,2-3,13-15,18H2,1H3,(H,31,34). The van der Waals surface area contributed by atoms with E-state index in [2.05, 4.69) is 22.3 Å². The third-order valence-corrected chi connectivity index (χ3v) is 5.73. The highest BCUT2D eigenvalue weighted by Gasteiger charge is 2.17. The molecular weight excluding hydrogens is 472 g/mol. The van der Waals surface area contributed by atoms with Crippen molar-refractivity contribution in [2.75, 3.05) is 11.9 Å². The number of aryl methyl sites for hydroxylation is 2. The molecule has 10 nitrogen and oxygen atoms in total. The van der Waals surface area contributed by atoms with E-state index in [9.17, 15) is 19.6 Å². The quantitative estimate of drug-likeness (QED) is 0.332. The van der Waals surface area contributed by atoms with Gasteiger partial charge in [0, 0.05) is 13.0 Å². The number of carbonyl (C=O) groups is 2. The smallest absolute Gasteiger partial charge is 0.306 e. The number of hydrogen-bond donors (Lipinski definition) is 1. The average molecular weight is 499 g/mol. The Balaban J connectivity index is 1.39. The summed E-state index contributed by atoms with van der Waals surface area (Å²) < 4.78 is 8.24. The molecule has 0 fully saturated rings. The second kappa shape index (κ2) is 11.8. The average Bonchev–Trinajstić information content (AvgIpc) is 3.33. The Kier molecular flexibility index (Phi) is 8.05. The number of unbranched alkanes of at least 4 members (excludes halogenated alkanes) is 1. The predicted molar refractivity (Wildman–Crippen MR) is 137 cm³/mol. The Hall–Kier alpha value is -4.78. The molecule has 2 aromatic heterocycles. The molecule has 0 spiro atoms. The maximum absolute atomic E-state index is 13.0. The van der Waals surface area contributed by atoms with Crippen molar-refractivity contribution in [3.05, 3.63) is 82.4 Å². The summed E-state index contributed by atoms with van der Waals surface area (Å²) in [6, 6.07) is 18.4. The lowest BCUT2D eigenvalue weighted by molar-refractivity contribution is -0.147. The van der Waals surface area contributed by atoms with E-state index in [-0.39, 0.29) is 35.5 Å². The fourth-order valence-corrected chi connectivity index (χ4v) is 3.87. The number of anilines is 1. The lowest BCUT2D eigenvalue weighted by atomic mass is 10.2. The summed E-state index contributed by atoms with van der Waals surface area (Å²) in [6.45, 7) is 2.08. The van der Waals surface area contributed by atoms with E-state index in [0.717, 1.165) is 18.4 Å². The summed E-state index contributed by atoms with van der Waals surface area (Å²) in [5.41, 5.74) is 2.33. The molecule has 0 unspecified atom stereocenters. The number of ether oxygens (including phenoxy) is 1. The molecule has 0 aliphatic rings. The summed E-state index contributed by atoms with van der Waals surface area (Å²) in [5.74, 6) is -1.07. The summed E-state index contributed by atoms with van der Waals surface area (Å²) in [7, 11) is 0. The number of amides is 1. The van der Waals surface area contributed by atoms with Crippen LogP contribution < -0.4 is 10.9 Å². The first-order valence-electron chi connectivity index (χ1n) is 12.0. The van der Waals surface area contributed by atoms with Crippen molar-refractivity contribution in [1.82, 2.24) is 19.3 Å². The Morgan fingerprint density at radius 2 is 1.86 bits per heavy atom. The number of hydrogen-bond acceptors (Lipinski definition) is 7. The molecule has 4 aromatic rings. The summed E-state index contributed by atoms with van der Waals surface area (Å²) >= 11 is 0. The summed E-state index contributed by atoms with van der Waals surface area (Å²) in [4.78, 5) is 42.3. The number of rotatable bonds is 10. The van der Waals surface area contributed by atoms with Gasteiger partial charge in [-0.05, 0) is 30.7 Å². The molecule has 2 heterocycles. The summed E-state index contributed by atoms with van der Waals surface area (Å²) in [6.07, 6.45) is 3.12. The zero-order valence-electron chi connectivity index (χ0n) is 20.4. The van der Waals surface area contributed by atoms with Crippen molar-refractivity contribution in [2.45, 2.75) is 39.2 Å².